The van der Waals surface area contributed by atoms with Crippen molar-refractivity contribution in [3.63, 3.8) is 0 Å². The number of Topliss-reactive ketones (excluding diaryl/α,β-unsaturated/α-hetero) is 1. The highest BCUT2D eigenvalue weighted by molar-refractivity contribution is 6.51. The van der Waals surface area contributed by atoms with Gasteiger partial charge in [0, 0.05) is 11.8 Å². The highest BCUT2D eigenvalue weighted by Crippen LogP contribution is 2.45. The minimum absolute atomic E-state index is 0.135. The van der Waals surface area contributed by atoms with Crippen LogP contribution in [0.4, 0.5) is 5.69 Å². The summed E-state index contributed by atoms with van der Waals surface area (Å²) >= 11 is 0. The van der Waals surface area contributed by atoms with Crippen molar-refractivity contribution in [3.05, 3.63) is 77.3 Å². The van der Waals surface area contributed by atoms with Crippen LogP contribution in [0.5, 0.6) is 17.2 Å². The molecule has 1 aromatic heterocycles. The standard InChI is InChI=1S/C26H25NO7/c1-5-33-17-9-6-8-16(14-17)27-23(20-13-12-15(2)34-20)22(25(29)26(27)30)24(28)21-18(31-3)10-7-11-19(21)32-4/h6-14,23,28H,5H2,1-4H3/b24-22+. The van der Waals surface area contributed by atoms with E-state index in [2.05, 4.69) is 0 Å². The number of aliphatic hydroxyl groups is 1. The van der Waals surface area contributed by atoms with Crippen LogP contribution in [-0.2, 0) is 9.59 Å². The number of carbonyl (C=O) groups is 2. The largest absolute Gasteiger partial charge is 0.506 e. The van der Waals surface area contributed by atoms with Crippen LogP contribution in [0.2, 0.25) is 0 Å². The van der Waals surface area contributed by atoms with Crippen molar-refractivity contribution < 1.29 is 33.3 Å². The van der Waals surface area contributed by atoms with Gasteiger partial charge < -0.3 is 23.7 Å². The minimum Gasteiger partial charge on any atom is -0.506 e. The molecule has 1 aliphatic rings. The van der Waals surface area contributed by atoms with E-state index in [-0.39, 0.29) is 22.6 Å². The summed E-state index contributed by atoms with van der Waals surface area (Å²) in [4.78, 5) is 27.9. The van der Waals surface area contributed by atoms with E-state index in [4.69, 9.17) is 18.6 Å². The van der Waals surface area contributed by atoms with E-state index in [1.54, 1.807) is 61.5 Å². The molecule has 1 saturated heterocycles. The summed E-state index contributed by atoms with van der Waals surface area (Å²) in [5, 5.41) is 11.4. The first-order valence-corrected chi connectivity index (χ1v) is 10.7. The fourth-order valence-corrected chi connectivity index (χ4v) is 4.08. The van der Waals surface area contributed by atoms with E-state index >= 15 is 0 Å². The van der Waals surface area contributed by atoms with Crippen LogP contribution in [0.15, 0.2) is 64.6 Å². The molecule has 1 aliphatic heterocycles. The zero-order valence-electron chi connectivity index (χ0n) is 19.3. The van der Waals surface area contributed by atoms with E-state index in [1.807, 2.05) is 6.92 Å². The van der Waals surface area contributed by atoms with Gasteiger partial charge in [-0.2, -0.15) is 0 Å². The van der Waals surface area contributed by atoms with E-state index in [0.29, 0.717) is 29.6 Å². The second kappa shape index (κ2) is 9.35. The number of amides is 1. The van der Waals surface area contributed by atoms with E-state index < -0.39 is 23.5 Å². The lowest BCUT2D eigenvalue weighted by molar-refractivity contribution is -0.132. The third kappa shape index (κ3) is 3.87. The van der Waals surface area contributed by atoms with Gasteiger partial charge in [0.1, 0.15) is 46.1 Å². The highest BCUT2D eigenvalue weighted by atomic mass is 16.5. The lowest BCUT2D eigenvalue weighted by Crippen LogP contribution is -2.29. The number of hydrogen-bond acceptors (Lipinski definition) is 7. The van der Waals surface area contributed by atoms with Crippen molar-refractivity contribution >= 4 is 23.1 Å². The van der Waals surface area contributed by atoms with Crippen LogP contribution in [0.3, 0.4) is 0 Å². The Kier molecular flexibility index (Phi) is 6.32. The smallest absolute Gasteiger partial charge is 0.300 e. The first kappa shape index (κ1) is 23.0. The Balaban J connectivity index is 1.97. The predicted octanol–water partition coefficient (Wildman–Crippen LogP) is 4.63. The lowest BCUT2D eigenvalue weighted by Gasteiger charge is -2.24. The molecular weight excluding hydrogens is 438 g/mol. The van der Waals surface area contributed by atoms with Gasteiger partial charge in [-0.3, -0.25) is 14.5 Å². The molecule has 8 heteroatoms. The second-order valence-electron chi connectivity index (χ2n) is 7.59. The Bertz CT molecular complexity index is 1250. The molecule has 176 valence electrons. The minimum atomic E-state index is -1.01. The third-order valence-electron chi connectivity index (χ3n) is 5.55. The average Bonchev–Trinajstić information content (AvgIpc) is 3.39. The van der Waals surface area contributed by atoms with Crippen molar-refractivity contribution in [2.45, 2.75) is 19.9 Å². The molecule has 0 spiro atoms. The molecule has 2 aromatic carbocycles. The SMILES string of the molecule is CCOc1cccc(N2C(=O)C(=O)/C(=C(/O)c3c(OC)cccc3OC)C2c2ccc(C)o2)c1. The summed E-state index contributed by atoms with van der Waals surface area (Å²) in [6, 6.07) is 14.2. The van der Waals surface area contributed by atoms with Crippen molar-refractivity contribution in [3.8, 4) is 17.2 Å². The summed E-state index contributed by atoms with van der Waals surface area (Å²) in [5.74, 6) is -0.0359. The molecule has 1 amide bonds. The Labute approximate surface area is 197 Å². The number of ketones is 1. The number of rotatable bonds is 7. The van der Waals surface area contributed by atoms with Gasteiger partial charge in [-0.15, -0.1) is 0 Å². The number of nitrogens with zero attached hydrogens (tertiary/aromatic N) is 1. The average molecular weight is 463 g/mol. The van der Waals surface area contributed by atoms with Gasteiger partial charge in [-0.1, -0.05) is 12.1 Å². The Morgan fingerprint density at radius 3 is 2.29 bits per heavy atom. The Morgan fingerprint density at radius 1 is 1.03 bits per heavy atom. The molecule has 0 radical (unpaired) electrons. The lowest BCUT2D eigenvalue weighted by atomic mass is 9.98. The Morgan fingerprint density at radius 2 is 1.71 bits per heavy atom. The van der Waals surface area contributed by atoms with Gasteiger partial charge in [0.05, 0.1) is 26.4 Å². The van der Waals surface area contributed by atoms with Gasteiger partial charge in [0.2, 0.25) is 0 Å². The molecule has 2 heterocycles. The summed E-state index contributed by atoms with van der Waals surface area (Å²) in [5.41, 5.74) is 0.462. The third-order valence-corrected chi connectivity index (χ3v) is 5.55. The van der Waals surface area contributed by atoms with Gasteiger partial charge in [0.25, 0.3) is 11.7 Å². The summed E-state index contributed by atoms with van der Waals surface area (Å²) in [6.45, 7) is 4.05. The van der Waals surface area contributed by atoms with E-state index in [1.165, 1.54) is 19.1 Å². The number of hydrogen-bond donors (Lipinski definition) is 1. The molecule has 1 N–H and O–H groups in total. The zero-order valence-corrected chi connectivity index (χ0v) is 19.3. The first-order valence-electron chi connectivity index (χ1n) is 10.7. The molecule has 1 fully saturated rings. The van der Waals surface area contributed by atoms with Gasteiger partial charge in [0.15, 0.2) is 0 Å². The van der Waals surface area contributed by atoms with Crippen LogP contribution in [-0.4, -0.2) is 37.6 Å². The number of aliphatic hydroxyl groups excluding tert-OH is 1. The molecule has 0 saturated carbocycles. The topological polar surface area (TPSA) is 98.4 Å². The molecule has 8 nitrogen and oxygen atoms in total. The van der Waals surface area contributed by atoms with Crippen LogP contribution in [0, 0.1) is 6.92 Å². The molecule has 0 bridgehead atoms. The number of ether oxygens (including phenoxy) is 3. The number of aryl methyl sites for hydroxylation is 1. The van der Waals surface area contributed by atoms with Crippen molar-refractivity contribution in [2.75, 3.05) is 25.7 Å². The maximum atomic E-state index is 13.3. The Hall–Kier alpha value is -4.20. The summed E-state index contributed by atoms with van der Waals surface area (Å²) in [7, 11) is 2.88. The first-order chi connectivity index (χ1) is 16.4. The number of furan rings is 1. The normalized spacial score (nSPS) is 17.2. The zero-order chi connectivity index (χ0) is 24.4. The van der Waals surface area contributed by atoms with Crippen LogP contribution < -0.4 is 19.1 Å². The molecule has 34 heavy (non-hydrogen) atoms. The monoisotopic (exact) mass is 463 g/mol. The quantitative estimate of drug-likeness (QED) is 0.310. The number of carbonyl (C=O) groups excluding carboxylic acids is 2. The predicted molar refractivity (Wildman–Crippen MR) is 125 cm³/mol. The molecule has 0 aliphatic carbocycles. The van der Waals surface area contributed by atoms with Gasteiger partial charge in [-0.25, -0.2) is 0 Å². The fraction of sp³-hybridized carbons (Fsp3) is 0.231. The van der Waals surface area contributed by atoms with Crippen LogP contribution >= 0.6 is 0 Å². The van der Waals surface area contributed by atoms with Crippen molar-refractivity contribution in [1.82, 2.24) is 0 Å². The van der Waals surface area contributed by atoms with E-state index in [9.17, 15) is 14.7 Å². The van der Waals surface area contributed by atoms with Crippen LogP contribution in [0.1, 0.15) is 30.0 Å². The maximum Gasteiger partial charge on any atom is 0.300 e. The van der Waals surface area contributed by atoms with E-state index in [0.717, 1.165) is 0 Å². The molecule has 4 rings (SSSR count). The van der Waals surface area contributed by atoms with Gasteiger partial charge in [-0.05, 0) is 50.2 Å². The number of benzene rings is 2. The number of methoxy groups -OCH3 is 2. The molecule has 1 unspecified atom stereocenters. The summed E-state index contributed by atoms with van der Waals surface area (Å²) in [6.07, 6.45) is 0. The molecule has 1 atom stereocenters. The second-order valence-corrected chi connectivity index (χ2v) is 7.59. The summed E-state index contributed by atoms with van der Waals surface area (Å²) < 4.78 is 22.2. The maximum absolute atomic E-state index is 13.3. The van der Waals surface area contributed by atoms with Gasteiger partial charge >= 0.3 is 0 Å². The highest BCUT2D eigenvalue weighted by Gasteiger charge is 2.49. The van der Waals surface area contributed by atoms with Crippen LogP contribution in [0.25, 0.3) is 5.76 Å². The molecular formula is C26H25NO7. The fourth-order valence-electron chi connectivity index (χ4n) is 4.08. The molecule has 3 aromatic rings. The van der Waals surface area contributed by atoms with Crippen molar-refractivity contribution in [1.29, 1.82) is 0 Å². The van der Waals surface area contributed by atoms with Crippen molar-refractivity contribution in [2.24, 2.45) is 0 Å². The number of anilines is 1.